The molecule has 0 atom stereocenters. The van der Waals surface area contributed by atoms with Crippen LogP contribution >= 0.6 is 0 Å². The van der Waals surface area contributed by atoms with Gasteiger partial charge in [0.15, 0.2) is 6.61 Å². The predicted molar refractivity (Wildman–Crippen MR) is 69.7 cm³/mol. The van der Waals surface area contributed by atoms with Crippen LogP contribution in [0.5, 0.6) is 5.88 Å². The van der Waals surface area contributed by atoms with Gasteiger partial charge < -0.3 is 14.6 Å². The molecule has 2 aromatic rings. The molecule has 0 aliphatic carbocycles. The van der Waals surface area contributed by atoms with E-state index in [4.69, 9.17) is 4.52 Å². The number of nitrogens with one attached hydrogen (secondary N) is 1. The second-order valence-electron chi connectivity index (χ2n) is 4.44. The van der Waals surface area contributed by atoms with Gasteiger partial charge in [-0.25, -0.2) is 4.98 Å². The molecule has 0 aliphatic rings. The lowest BCUT2D eigenvalue weighted by Gasteiger charge is -2.09. The van der Waals surface area contributed by atoms with E-state index >= 15 is 0 Å². The Morgan fingerprint density at radius 3 is 2.59 bits per heavy atom. The Morgan fingerprint density at radius 1 is 1.36 bits per heavy atom. The number of pyridine rings is 1. The number of hydrogen-bond acceptors (Lipinski definition) is 5. The number of amides is 1. The normalized spacial score (nSPS) is 11.3. The quantitative estimate of drug-likeness (QED) is 0.938. The number of hydrogen-bond donors (Lipinski definition) is 1. The topological polar surface area (TPSA) is 77.2 Å². The number of ether oxygens (including phenoxy) is 1. The van der Waals surface area contributed by atoms with Crippen molar-refractivity contribution in [2.45, 2.75) is 20.0 Å². The van der Waals surface area contributed by atoms with Crippen molar-refractivity contribution >= 4 is 11.6 Å². The lowest BCUT2D eigenvalue weighted by molar-refractivity contribution is -0.154. The number of nitrogens with zero attached hydrogens (tertiary/aromatic N) is 2. The summed E-state index contributed by atoms with van der Waals surface area (Å²) >= 11 is 0. The average molecular weight is 315 g/mol. The molecule has 0 unspecified atom stereocenters. The van der Waals surface area contributed by atoms with Gasteiger partial charge in [-0.1, -0.05) is 5.16 Å². The summed E-state index contributed by atoms with van der Waals surface area (Å²) in [6, 6.07) is 2.61. The molecule has 6 nitrogen and oxygen atoms in total. The number of anilines is 1. The van der Waals surface area contributed by atoms with Crippen LogP contribution in [-0.2, 0) is 0 Å². The minimum atomic E-state index is -4.43. The first kappa shape index (κ1) is 15.8. The van der Waals surface area contributed by atoms with Crippen molar-refractivity contribution in [3.05, 3.63) is 35.3 Å². The molecular weight excluding hydrogens is 303 g/mol. The minimum absolute atomic E-state index is 0.187. The molecule has 0 saturated heterocycles. The molecule has 0 aliphatic heterocycles. The zero-order valence-electron chi connectivity index (χ0n) is 11.7. The van der Waals surface area contributed by atoms with Crippen LogP contribution in [0.4, 0.5) is 18.9 Å². The molecule has 1 amide bonds. The minimum Gasteiger partial charge on any atom is -0.468 e. The molecule has 9 heteroatoms. The van der Waals surface area contributed by atoms with E-state index in [2.05, 4.69) is 20.2 Å². The number of rotatable bonds is 4. The molecule has 0 radical (unpaired) electrons. The molecular formula is C13H12F3N3O3. The van der Waals surface area contributed by atoms with Gasteiger partial charge in [-0.15, -0.1) is 0 Å². The smallest absolute Gasteiger partial charge is 0.422 e. The van der Waals surface area contributed by atoms with Gasteiger partial charge >= 0.3 is 6.18 Å². The SMILES string of the molecule is Cc1noc(C)c1C(=O)Nc1ccc(OCC(F)(F)F)nc1. The zero-order chi connectivity index (χ0) is 16.3. The Morgan fingerprint density at radius 2 is 2.09 bits per heavy atom. The second-order valence-corrected chi connectivity index (χ2v) is 4.44. The number of alkyl halides is 3. The van der Waals surface area contributed by atoms with Crippen molar-refractivity contribution in [2.75, 3.05) is 11.9 Å². The molecule has 0 aromatic carbocycles. The van der Waals surface area contributed by atoms with E-state index in [1.807, 2.05) is 0 Å². The van der Waals surface area contributed by atoms with Crippen LogP contribution in [0.25, 0.3) is 0 Å². The third-order valence-corrected chi connectivity index (χ3v) is 2.64. The molecule has 0 saturated carbocycles. The van der Waals surface area contributed by atoms with Crippen LogP contribution in [0, 0.1) is 13.8 Å². The van der Waals surface area contributed by atoms with Crippen molar-refractivity contribution in [1.29, 1.82) is 0 Å². The number of aromatic nitrogens is 2. The maximum Gasteiger partial charge on any atom is 0.422 e. The van der Waals surface area contributed by atoms with Crippen LogP contribution in [0.15, 0.2) is 22.9 Å². The summed E-state index contributed by atoms with van der Waals surface area (Å²) in [6.45, 7) is 1.80. The standard InChI is InChI=1S/C13H12F3N3O3/c1-7-11(8(2)22-19-7)12(20)18-9-3-4-10(17-5-9)21-6-13(14,15)16/h3-5H,6H2,1-2H3,(H,18,20). The fourth-order valence-corrected chi connectivity index (χ4v) is 1.70. The molecule has 1 N–H and O–H groups in total. The highest BCUT2D eigenvalue weighted by Crippen LogP contribution is 2.19. The first-order chi connectivity index (χ1) is 10.3. The van der Waals surface area contributed by atoms with E-state index in [0.29, 0.717) is 22.7 Å². The van der Waals surface area contributed by atoms with Gasteiger partial charge in [-0.3, -0.25) is 4.79 Å². The largest absolute Gasteiger partial charge is 0.468 e. The summed E-state index contributed by atoms with van der Waals surface area (Å²) < 4.78 is 45.4. The van der Waals surface area contributed by atoms with Crippen molar-refractivity contribution in [2.24, 2.45) is 0 Å². The van der Waals surface area contributed by atoms with Crippen LogP contribution in [0.1, 0.15) is 21.8 Å². The van der Waals surface area contributed by atoms with Crippen LogP contribution in [-0.4, -0.2) is 28.8 Å². The van der Waals surface area contributed by atoms with E-state index in [1.165, 1.54) is 18.3 Å². The van der Waals surface area contributed by atoms with Gasteiger partial charge in [0.05, 0.1) is 17.6 Å². The molecule has 0 spiro atoms. The fraction of sp³-hybridized carbons (Fsp3) is 0.308. The van der Waals surface area contributed by atoms with Gasteiger partial charge in [-0.2, -0.15) is 13.2 Å². The fourth-order valence-electron chi connectivity index (χ4n) is 1.70. The van der Waals surface area contributed by atoms with Crippen molar-refractivity contribution in [3.8, 4) is 5.88 Å². The molecule has 2 aromatic heterocycles. The molecule has 2 heterocycles. The summed E-state index contributed by atoms with van der Waals surface area (Å²) in [7, 11) is 0. The number of carbonyl (C=O) groups excluding carboxylic acids is 1. The Balaban J connectivity index is 2.01. The van der Waals surface area contributed by atoms with Gasteiger partial charge in [0.1, 0.15) is 11.3 Å². The number of halogens is 3. The molecule has 118 valence electrons. The summed E-state index contributed by atoms with van der Waals surface area (Å²) in [5, 5.41) is 6.21. The highest BCUT2D eigenvalue weighted by molar-refractivity contribution is 6.05. The first-order valence-corrected chi connectivity index (χ1v) is 6.16. The van der Waals surface area contributed by atoms with E-state index in [1.54, 1.807) is 13.8 Å². The predicted octanol–water partition coefficient (Wildman–Crippen LogP) is 2.88. The number of aryl methyl sites for hydroxylation is 2. The average Bonchev–Trinajstić information content (AvgIpc) is 2.76. The van der Waals surface area contributed by atoms with Crippen molar-refractivity contribution in [3.63, 3.8) is 0 Å². The molecule has 2 rings (SSSR count). The first-order valence-electron chi connectivity index (χ1n) is 6.16. The summed E-state index contributed by atoms with van der Waals surface area (Å²) in [6.07, 6.45) is -3.24. The Kier molecular flexibility index (Phi) is 4.34. The Labute approximate surface area is 123 Å². The van der Waals surface area contributed by atoms with Crippen molar-refractivity contribution in [1.82, 2.24) is 10.1 Å². The highest BCUT2D eigenvalue weighted by atomic mass is 19.4. The van der Waals surface area contributed by atoms with Crippen LogP contribution in [0.2, 0.25) is 0 Å². The molecule has 22 heavy (non-hydrogen) atoms. The Bertz CT molecular complexity index is 646. The van der Waals surface area contributed by atoms with E-state index < -0.39 is 18.7 Å². The van der Waals surface area contributed by atoms with Gasteiger partial charge in [0.25, 0.3) is 5.91 Å². The summed E-state index contributed by atoms with van der Waals surface area (Å²) in [4.78, 5) is 15.7. The highest BCUT2D eigenvalue weighted by Gasteiger charge is 2.28. The summed E-state index contributed by atoms with van der Waals surface area (Å²) in [5.41, 5.74) is 1.05. The third kappa shape index (κ3) is 3.96. The van der Waals surface area contributed by atoms with Gasteiger partial charge in [-0.05, 0) is 19.9 Å². The lowest BCUT2D eigenvalue weighted by Crippen LogP contribution is -2.19. The summed E-state index contributed by atoms with van der Waals surface area (Å²) in [5.74, 6) is -0.261. The monoisotopic (exact) mass is 315 g/mol. The van der Waals surface area contributed by atoms with Gasteiger partial charge in [0, 0.05) is 6.07 Å². The Hall–Kier alpha value is -2.58. The lowest BCUT2D eigenvalue weighted by atomic mass is 10.2. The third-order valence-electron chi connectivity index (χ3n) is 2.64. The van der Waals surface area contributed by atoms with Crippen LogP contribution < -0.4 is 10.1 Å². The van der Waals surface area contributed by atoms with E-state index in [0.717, 1.165) is 0 Å². The number of carbonyl (C=O) groups is 1. The van der Waals surface area contributed by atoms with Crippen LogP contribution in [0.3, 0.4) is 0 Å². The zero-order valence-corrected chi connectivity index (χ0v) is 11.7. The van der Waals surface area contributed by atoms with E-state index in [-0.39, 0.29) is 5.88 Å². The van der Waals surface area contributed by atoms with Crippen molar-refractivity contribution < 1.29 is 27.2 Å². The maximum absolute atomic E-state index is 12.0. The maximum atomic E-state index is 12.0. The van der Waals surface area contributed by atoms with Gasteiger partial charge in [0.2, 0.25) is 5.88 Å². The van der Waals surface area contributed by atoms with E-state index in [9.17, 15) is 18.0 Å². The molecule has 0 bridgehead atoms. The molecule has 0 fully saturated rings. The second kappa shape index (κ2) is 6.04.